The van der Waals surface area contributed by atoms with Gasteiger partial charge in [-0.3, -0.25) is 9.69 Å². The van der Waals surface area contributed by atoms with Crippen LogP contribution in [0.25, 0.3) is 10.8 Å². The van der Waals surface area contributed by atoms with Crippen LogP contribution in [-0.4, -0.2) is 41.9 Å². The summed E-state index contributed by atoms with van der Waals surface area (Å²) in [6.45, 7) is 3.88. The number of benzene rings is 3. The summed E-state index contributed by atoms with van der Waals surface area (Å²) in [6.07, 6.45) is 0. The maximum absolute atomic E-state index is 12.9. The molecule has 0 saturated carbocycles. The van der Waals surface area contributed by atoms with E-state index in [0.29, 0.717) is 34.7 Å². The summed E-state index contributed by atoms with van der Waals surface area (Å²) >= 11 is 12.1. The van der Waals surface area contributed by atoms with E-state index < -0.39 is 0 Å². The molecule has 0 bridgehead atoms. The van der Waals surface area contributed by atoms with Gasteiger partial charge in [-0.2, -0.15) is 0 Å². The van der Waals surface area contributed by atoms with Gasteiger partial charge in [0.25, 0.3) is 5.91 Å². The van der Waals surface area contributed by atoms with Crippen molar-refractivity contribution in [3.8, 4) is 5.75 Å². The molecule has 34 heavy (non-hydrogen) atoms. The Hall–Kier alpha value is -2.99. The van der Waals surface area contributed by atoms with Crippen molar-refractivity contribution in [3.63, 3.8) is 0 Å². The van der Waals surface area contributed by atoms with Gasteiger partial charge in [-0.25, -0.2) is 0 Å². The van der Waals surface area contributed by atoms with E-state index in [1.807, 2.05) is 53.4 Å². The van der Waals surface area contributed by atoms with Gasteiger partial charge in [0, 0.05) is 38.1 Å². The molecule has 0 N–H and O–H groups in total. The fraction of sp³-hybridized carbons (Fsp3) is 0.222. The average Bonchev–Trinajstić information content (AvgIpc) is 3.34. The largest absolute Gasteiger partial charge is 0.485 e. The van der Waals surface area contributed by atoms with Crippen LogP contribution in [0.15, 0.2) is 77.2 Å². The molecule has 1 amide bonds. The first-order chi connectivity index (χ1) is 16.6. The zero-order chi connectivity index (χ0) is 23.5. The molecule has 1 saturated heterocycles. The first-order valence-electron chi connectivity index (χ1n) is 11.2. The minimum absolute atomic E-state index is 0.0920. The van der Waals surface area contributed by atoms with E-state index in [4.69, 9.17) is 32.4 Å². The van der Waals surface area contributed by atoms with Gasteiger partial charge >= 0.3 is 0 Å². The van der Waals surface area contributed by atoms with Gasteiger partial charge in [-0.1, -0.05) is 65.7 Å². The second kappa shape index (κ2) is 10.1. The Labute approximate surface area is 208 Å². The molecular formula is C27H24Cl2N2O3. The number of hydrogen-bond acceptors (Lipinski definition) is 4. The number of piperazine rings is 1. The molecule has 0 aliphatic carbocycles. The van der Waals surface area contributed by atoms with Crippen molar-refractivity contribution >= 4 is 39.9 Å². The van der Waals surface area contributed by atoms with Gasteiger partial charge in [0.1, 0.15) is 18.1 Å². The molecule has 4 aromatic rings. The number of nitrogens with zero attached hydrogens (tertiary/aromatic N) is 2. The first-order valence-corrected chi connectivity index (χ1v) is 12.0. The Morgan fingerprint density at radius 1 is 0.882 bits per heavy atom. The molecule has 0 unspecified atom stereocenters. The highest BCUT2D eigenvalue weighted by Crippen LogP contribution is 2.27. The number of carbonyl (C=O) groups is 1. The number of halogens is 2. The molecule has 174 valence electrons. The molecule has 3 aromatic carbocycles. The summed E-state index contributed by atoms with van der Waals surface area (Å²) in [5.41, 5.74) is 1.11. The van der Waals surface area contributed by atoms with Crippen molar-refractivity contribution in [1.82, 2.24) is 9.80 Å². The van der Waals surface area contributed by atoms with Crippen molar-refractivity contribution in [1.29, 1.82) is 0 Å². The van der Waals surface area contributed by atoms with E-state index in [2.05, 4.69) is 17.0 Å². The van der Waals surface area contributed by atoms with Gasteiger partial charge < -0.3 is 14.1 Å². The summed E-state index contributed by atoms with van der Waals surface area (Å²) in [6, 6.07) is 23.3. The number of hydrogen-bond donors (Lipinski definition) is 0. The van der Waals surface area contributed by atoms with Crippen molar-refractivity contribution in [2.75, 3.05) is 26.2 Å². The third-order valence-electron chi connectivity index (χ3n) is 6.04. The van der Waals surface area contributed by atoms with E-state index in [0.717, 1.165) is 41.7 Å². The second-order valence-corrected chi connectivity index (χ2v) is 9.16. The highest BCUT2D eigenvalue weighted by molar-refractivity contribution is 6.42. The Morgan fingerprint density at radius 3 is 2.50 bits per heavy atom. The fourth-order valence-electron chi connectivity index (χ4n) is 4.20. The molecule has 0 radical (unpaired) electrons. The Kier molecular flexibility index (Phi) is 6.77. The summed E-state index contributed by atoms with van der Waals surface area (Å²) in [5.74, 6) is 1.66. The lowest BCUT2D eigenvalue weighted by Gasteiger charge is -2.34. The quantitative estimate of drug-likeness (QED) is 0.316. The molecule has 1 aliphatic rings. The number of carbonyl (C=O) groups excluding carboxylic acids is 1. The maximum atomic E-state index is 12.9. The van der Waals surface area contributed by atoms with Crippen LogP contribution in [-0.2, 0) is 13.2 Å². The smallest absolute Gasteiger partial charge is 0.289 e. The van der Waals surface area contributed by atoms with Gasteiger partial charge in [0.2, 0.25) is 0 Å². The van der Waals surface area contributed by atoms with E-state index >= 15 is 0 Å². The Morgan fingerprint density at radius 2 is 1.68 bits per heavy atom. The standard InChI is InChI=1S/C27H24Cl2N2O3/c28-23-10-8-19(16-24(23)29)17-30-12-14-31(15-13-30)27(32)26-11-9-21(34-26)18-33-25-7-3-5-20-4-1-2-6-22(20)25/h1-11,16H,12-15,17-18H2. The molecule has 1 aliphatic heterocycles. The molecule has 5 rings (SSSR count). The van der Waals surface area contributed by atoms with Crippen LogP contribution >= 0.6 is 23.2 Å². The average molecular weight is 495 g/mol. The number of amides is 1. The van der Waals surface area contributed by atoms with Crippen molar-refractivity contribution < 1.29 is 13.9 Å². The van der Waals surface area contributed by atoms with Gasteiger partial charge in [-0.15, -0.1) is 0 Å². The number of rotatable bonds is 6. The monoisotopic (exact) mass is 494 g/mol. The Balaban J connectivity index is 1.15. The van der Waals surface area contributed by atoms with Crippen LogP contribution in [0.5, 0.6) is 5.75 Å². The molecule has 1 aromatic heterocycles. The van der Waals surface area contributed by atoms with Crippen LogP contribution in [0, 0.1) is 0 Å². The van der Waals surface area contributed by atoms with E-state index in [-0.39, 0.29) is 12.5 Å². The third kappa shape index (κ3) is 5.07. The maximum Gasteiger partial charge on any atom is 0.289 e. The predicted molar refractivity (Wildman–Crippen MR) is 135 cm³/mol. The topological polar surface area (TPSA) is 45.9 Å². The second-order valence-electron chi connectivity index (χ2n) is 8.35. The van der Waals surface area contributed by atoms with Crippen molar-refractivity contribution in [2.24, 2.45) is 0 Å². The Bertz CT molecular complexity index is 1310. The fourth-order valence-corrected chi connectivity index (χ4v) is 4.52. The van der Waals surface area contributed by atoms with E-state index in [1.54, 1.807) is 12.1 Å². The molecule has 5 nitrogen and oxygen atoms in total. The number of fused-ring (bicyclic) bond motifs is 1. The van der Waals surface area contributed by atoms with Gasteiger partial charge in [0.15, 0.2) is 5.76 Å². The van der Waals surface area contributed by atoms with Crippen LogP contribution in [0.3, 0.4) is 0 Å². The minimum atomic E-state index is -0.0920. The van der Waals surface area contributed by atoms with Gasteiger partial charge in [0.05, 0.1) is 10.0 Å². The lowest BCUT2D eigenvalue weighted by Crippen LogP contribution is -2.48. The van der Waals surface area contributed by atoms with E-state index in [9.17, 15) is 4.79 Å². The van der Waals surface area contributed by atoms with Crippen LogP contribution in [0.4, 0.5) is 0 Å². The van der Waals surface area contributed by atoms with E-state index in [1.165, 1.54) is 0 Å². The lowest BCUT2D eigenvalue weighted by molar-refractivity contribution is 0.0594. The van der Waals surface area contributed by atoms with Crippen LogP contribution in [0.1, 0.15) is 21.9 Å². The zero-order valence-corrected chi connectivity index (χ0v) is 20.1. The molecule has 0 spiro atoms. The third-order valence-corrected chi connectivity index (χ3v) is 6.78. The number of ether oxygens (including phenoxy) is 1. The SMILES string of the molecule is O=C(c1ccc(COc2cccc3ccccc23)o1)N1CCN(Cc2ccc(Cl)c(Cl)c2)CC1. The van der Waals surface area contributed by atoms with Crippen molar-refractivity contribution in [3.05, 3.63) is 99.9 Å². The van der Waals surface area contributed by atoms with Gasteiger partial charge in [-0.05, 0) is 41.3 Å². The zero-order valence-electron chi connectivity index (χ0n) is 18.5. The molecular weight excluding hydrogens is 471 g/mol. The highest BCUT2D eigenvalue weighted by Gasteiger charge is 2.24. The molecule has 1 fully saturated rings. The minimum Gasteiger partial charge on any atom is -0.485 e. The summed E-state index contributed by atoms with van der Waals surface area (Å²) in [4.78, 5) is 17.1. The highest BCUT2D eigenvalue weighted by atomic mass is 35.5. The van der Waals surface area contributed by atoms with Crippen molar-refractivity contribution in [2.45, 2.75) is 13.2 Å². The summed E-state index contributed by atoms with van der Waals surface area (Å²) < 4.78 is 11.8. The lowest BCUT2D eigenvalue weighted by atomic mass is 10.1. The molecule has 0 atom stereocenters. The van der Waals surface area contributed by atoms with Crippen LogP contribution < -0.4 is 4.74 Å². The molecule has 7 heteroatoms. The normalized spacial score (nSPS) is 14.5. The number of furan rings is 1. The first kappa shape index (κ1) is 22.8. The molecule has 2 heterocycles. The predicted octanol–water partition coefficient (Wildman–Crippen LogP) is 6.28. The summed E-state index contributed by atoms with van der Waals surface area (Å²) in [7, 11) is 0. The van der Waals surface area contributed by atoms with Crippen LogP contribution in [0.2, 0.25) is 10.0 Å². The summed E-state index contributed by atoms with van der Waals surface area (Å²) in [5, 5.41) is 3.28.